The van der Waals surface area contributed by atoms with E-state index in [9.17, 15) is 4.39 Å². The van der Waals surface area contributed by atoms with Gasteiger partial charge in [0.05, 0.1) is 25.2 Å². The lowest BCUT2D eigenvalue weighted by Crippen LogP contribution is -2.52. The van der Waals surface area contributed by atoms with Gasteiger partial charge in [0.15, 0.2) is 5.60 Å². The van der Waals surface area contributed by atoms with Crippen LogP contribution in [0.1, 0.15) is 18.1 Å². The fourth-order valence-corrected chi connectivity index (χ4v) is 2.57. The van der Waals surface area contributed by atoms with Crippen molar-refractivity contribution in [1.82, 2.24) is 9.88 Å². The minimum Gasteiger partial charge on any atom is -0.461 e. The molecule has 5 nitrogen and oxygen atoms in total. The van der Waals surface area contributed by atoms with Crippen LogP contribution < -0.4 is 4.74 Å². The van der Waals surface area contributed by atoms with Crippen molar-refractivity contribution in [3.63, 3.8) is 0 Å². The molecule has 1 aliphatic rings. The lowest BCUT2D eigenvalue weighted by Gasteiger charge is -2.41. The summed E-state index contributed by atoms with van der Waals surface area (Å²) in [6.45, 7) is 5.36. The second kappa shape index (κ2) is 7.19. The van der Waals surface area contributed by atoms with E-state index >= 15 is 0 Å². The summed E-state index contributed by atoms with van der Waals surface area (Å²) in [5, 5.41) is 0. The summed E-state index contributed by atoms with van der Waals surface area (Å²) in [7, 11) is 1.92. The second-order valence-corrected chi connectivity index (χ2v) is 6.19. The van der Waals surface area contributed by atoms with Gasteiger partial charge in [0.1, 0.15) is 5.82 Å². The average Bonchev–Trinajstić information content (AvgIpc) is 2.59. The van der Waals surface area contributed by atoms with Gasteiger partial charge in [0.25, 0.3) is 0 Å². The zero-order valence-corrected chi connectivity index (χ0v) is 14.7. The highest BCUT2D eigenvalue weighted by molar-refractivity contribution is 5.63. The predicted molar refractivity (Wildman–Crippen MR) is 95.0 cm³/mol. The largest absolute Gasteiger partial charge is 0.461 e. The van der Waals surface area contributed by atoms with Crippen LogP contribution in [0.4, 0.5) is 10.1 Å². The van der Waals surface area contributed by atoms with Gasteiger partial charge in [-0.2, -0.15) is 0 Å². The quantitative estimate of drug-likeness (QED) is 0.595. The minimum absolute atomic E-state index is 0.293. The van der Waals surface area contributed by atoms with E-state index in [-0.39, 0.29) is 5.82 Å². The van der Waals surface area contributed by atoms with E-state index in [2.05, 4.69) is 9.98 Å². The van der Waals surface area contributed by atoms with Crippen LogP contribution in [0.5, 0.6) is 5.88 Å². The molecule has 1 aromatic carbocycles. The van der Waals surface area contributed by atoms with E-state index in [0.717, 1.165) is 12.1 Å². The van der Waals surface area contributed by atoms with Crippen LogP contribution in [0.15, 0.2) is 41.5 Å². The molecule has 0 unspecified atom stereocenters. The summed E-state index contributed by atoms with van der Waals surface area (Å²) in [4.78, 5) is 10.5. The van der Waals surface area contributed by atoms with Crippen molar-refractivity contribution in [2.24, 2.45) is 4.99 Å². The Hall–Kier alpha value is -2.47. The first-order chi connectivity index (χ1) is 12.0. The number of hydrogen-bond acceptors (Lipinski definition) is 4. The number of pyridine rings is 1. The number of aryl methyl sites for hydroxylation is 1. The van der Waals surface area contributed by atoms with Crippen molar-refractivity contribution in [2.75, 3.05) is 26.8 Å². The van der Waals surface area contributed by atoms with Crippen LogP contribution in [-0.4, -0.2) is 43.0 Å². The summed E-state index contributed by atoms with van der Waals surface area (Å²) in [6.07, 6.45) is 3.35. The van der Waals surface area contributed by atoms with Gasteiger partial charge >= 0.3 is 0 Å². The standard InChI is InChI=1S/C19H22FN3O2/c1-4-23(3)13-22-17-10-16(20)15(9-14(17)2)19(11-24-12-19)25-18-7-5-6-8-21-18/h5-10,13H,4,11-12H2,1-3H3. The molecule has 1 aromatic heterocycles. The smallest absolute Gasteiger partial charge is 0.214 e. The highest BCUT2D eigenvalue weighted by atomic mass is 19.1. The number of halogens is 1. The van der Waals surface area contributed by atoms with Crippen molar-refractivity contribution in [3.8, 4) is 5.88 Å². The molecule has 0 amide bonds. The molecular weight excluding hydrogens is 321 g/mol. The van der Waals surface area contributed by atoms with Gasteiger partial charge in [-0.1, -0.05) is 6.07 Å². The Morgan fingerprint density at radius 2 is 2.20 bits per heavy atom. The number of rotatable bonds is 6. The lowest BCUT2D eigenvalue weighted by molar-refractivity contribution is -0.170. The topological polar surface area (TPSA) is 47.0 Å². The van der Waals surface area contributed by atoms with Gasteiger partial charge in [0, 0.05) is 37.5 Å². The molecule has 1 aliphatic heterocycles. The Morgan fingerprint density at radius 3 is 2.80 bits per heavy atom. The Labute approximate surface area is 147 Å². The van der Waals surface area contributed by atoms with Crippen LogP contribution in [0.3, 0.4) is 0 Å². The maximum Gasteiger partial charge on any atom is 0.214 e. The fraction of sp³-hybridized carbons (Fsp3) is 0.368. The van der Waals surface area contributed by atoms with Crippen LogP contribution >= 0.6 is 0 Å². The first-order valence-corrected chi connectivity index (χ1v) is 8.27. The van der Waals surface area contributed by atoms with E-state index in [0.29, 0.717) is 30.3 Å². The maximum atomic E-state index is 14.8. The van der Waals surface area contributed by atoms with Gasteiger partial charge in [-0.15, -0.1) is 0 Å². The molecule has 25 heavy (non-hydrogen) atoms. The summed E-state index contributed by atoms with van der Waals surface area (Å²) in [5.74, 6) is 0.102. The van der Waals surface area contributed by atoms with E-state index in [1.807, 2.05) is 37.9 Å². The summed E-state index contributed by atoms with van der Waals surface area (Å²) < 4.78 is 26.1. The van der Waals surface area contributed by atoms with Crippen LogP contribution in [0.25, 0.3) is 0 Å². The molecule has 1 fully saturated rings. The van der Waals surface area contributed by atoms with E-state index in [4.69, 9.17) is 9.47 Å². The highest BCUT2D eigenvalue weighted by Gasteiger charge is 2.45. The Morgan fingerprint density at radius 1 is 1.40 bits per heavy atom. The molecule has 3 rings (SSSR count). The summed E-state index contributed by atoms with van der Waals surface area (Å²) in [6, 6.07) is 8.64. The van der Waals surface area contributed by atoms with Crippen LogP contribution in [0, 0.1) is 12.7 Å². The molecule has 0 bridgehead atoms. The first-order valence-electron chi connectivity index (χ1n) is 8.27. The molecule has 0 atom stereocenters. The molecule has 0 radical (unpaired) electrons. The number of aromatic nitrogens is 1. The van der Waals surface area contributed by atoms with Crippen molar-refractivity contribution >= 4 is 12.0 Å². The monoisotopic (exact) mass is 343 g/mol. The molecule has 0 saturated carbocycles. The van der Waals surface area contributed by atoms with Gasteiger partial charge < -0.3 is 14.4 Å². The first kappa shape index (κ1) is 17.4. The van der Waals surface area contributed by atoms with Crippen LogP contribution in [-0.2, 0) is 10.3 Å². The van der Waals surface area contributed by atoms with Crippen molar-refractivity contribution in [3.05, 3.63) is 53.5 Å². The zero-order valence-electron chi connectivity index (χ0n) is 14.7. The molecular formula is C19H22FN3O2. The van der Waals surface area contributed by atoms with Crippen molar-refractivity contribution < 1.29 is 13.9 Å². The Balaban J connectivity index is 1.91. The van der Waals surface area contributed by atoms with Crippen molar-refractivity contribution in [2.45, 2.75) is 19.4 Å². The number of benzene rings is 1. The zero-order chi connectivity index (χ0) is 17.9. The average molecular weight is 343 g/mol. The molecule has 2 aromatic rings. The molecule has 6 heteroatoms. The number of nitrogens with zero attached hydrogens (tertiary/aromatic N) is 3. The van der Waals surface area contributed by atoms with Gasteiger partial charge in [-0.05, 0) is 31.5 Å². The molecule has 0 spiro atoms. The number of ether oxygens (including phenoxy) is 2. The third-order valence-corrected chi connectivity index (χ3v) is 4.28. The Bertz CT molecular complexity index is 761. The van der Waals surface area contributed by atoms with E-state index < -0.39 is 5.60 Å². The SMILES string of the molecule is CCN(C)C=Nc1cc(F)c(C2(Oc3ccccn3)COC2)cc1C. The highest BCUT2D eigenvalue weighted by Crippen LogP contribution is 2.38. The van der Waals surface area contributed by atoms with E-state index in [1.165, 1.54) is 6.07 Å². The number of hydrogen-bond donors (Lipinski definition) is 0. The number of aliphatic imine (C=N–C) groups is 1. The summed E-state index contributed by atoms with van der Waals surface area (Å²) >= 11 is 0. The van der Waals surface area contributed by atoms with Gasteiger partial charge in [-0.3, -0.25) is 0 Å². The van der Waals surface area contributed by atoms with E-state index in [1.54, 1.807) is 24.7 Å². The van der Waals surface area contributed by atoms with Gasteiger partial charge in [0.2, 0.25) is 5.88 Å². The normalized spacial score (nSPS) is 15.8. The molecule has 132 valence electrons. The fourth-order valence-electron chi connectivity index (χ4n) is 2.57. The third kappa shape index (κ3) is 3.64. The maximum absolute atomic E-state index is 14.8. The Kier molecular flexibility index (Phi) is 4.99. The molecule has 2 heterocycles. The molecule has 0 aliphatic carbocycles. The minimum atomic E-state index is -0.842. The predicted octanol–water partition coefficient (Wildman–Crippen LogP) is 3.45. The van der Waals surface area contributed by atoms with Gasteiger partial charge in [-0.25, -0.2) is 14.4 Å². The summed E-state index contributed by atoms with van der Waals surface area (Å²) in [5.41, 5.74) is 1.12. The lowest BCUT2D eigenvalue weighted by atomic mass is 9.89. The molecule has 1 saturated heterocycles. The third-order valence-electron chi connectivity index (χ3n) is 4.28. The second-order valence-electron chi connectivity index (χ2n) is 6.19. The van der Waals surface area contributed by atoms with Crippen LogP contribution in [0.2, 0.25) is 0 Å². The molecule has 0 N–H and O–H groups in total. The van der Waals surface area contributed by atoms with Crippen molar-refractivity contribution in [1.29, 1.82) is 0 Å².